The van der Waals surface area contributed by atoms with Gasteiger partial charge in [0.15, 0.2) is 0 Å². The van der Waals surface area contributed by atoms with Crippen LogP contribution in [0, 0.1) is 0 Å². The maximum Gasteiger partial charge on any atom is 0.0645 e. The molecule has 0 unspecified atom stereocenters. The second kappa shape index (κ2) is 33.8. The highest BCUT2D eigenvalue weighted by molar-refractivity contribution is 6.13. The number of benzene rings is 20. The van der Waals surface area contributed by atoms with Crippen molar-refractivity contribution in [3.63, 3.8) is 0 Å². The molecule has 0 saturated carbocycles. The van der Waals surface area contributed by atoms with Gasteiger partial charge in [0.2, 0.25) is 0 Å². The molecule has 0 N–H and O–H groups in total. The van der Waals surface area contributed by atoms with Gasteiger partial charge in [-0.3, -0.25) is 0 Å². The van der Waals surface area contributed by atoms with Crippen molar-refractivity contribution in [1.29, 1.82) is 0 Å². The van der Waals surface area contributed by atoms with Gasteiger partial charge in [-0.05, 0) is 198 Å². The molecule has 0 spiro atoms. The van der Waals surface area contributed by atoms with Crippen LogP contribution in [-0.4, -0.2) is 9.13 Å². The van der Waals surface area contributed by atoms with E-state index in [9.17, 15) is 39.8 Å². The van der Waals surface area contributed by atoms with Crippen LogP contribution in [0.2, 0.25) is 0 Å². The molecule has 0 aliphatic heterocycles. The van der Waals surface area contributed by atoms with Crippen molar-refractivity contribution in [3.8, 4) is 123 Å². The zero-order valence-electron chi connectivity index (χ0n) is 131. The first-order valence-corrected chi connectivity index (χ1v) is 37.0. The molecular weight excluding hydrogens is 1500 g/mol. The van der Waals surface area contributed by atoms with E-state index >= 15 is 0 Å². The SMILES string of the molecule is [2H]c1c([2H])c([2H])c(-c2c([2H])c([2H])c(-c3c([2H])c([2H])c(N(c4c([2H])c([2H])c(-c5c([2H])c([2H])c6c(c5[2H])c5c([2H])c([2H])c([2H])c([2H])c5n6-c5c([2H])c([2H])c([2H])c([2H])c5-c5c([2H])c([2H])c([2H])c([2H])c5[2H])c([2H])c4[2H])c4c([2H])c([2H])c([2H])c([2H])c4-c4c([2H])c([2H])c([2H])c([2H])c4[2H])c([2H])c3[2H])c([2H])c2[2H])c([2H])c1[2H].[2H]c1c([2H])c([2H])c(-c2c([2H])c([2H])c(-c3c([2H])c([2H])c(N(c4c([2H])c([2H])c(-c5ccc6c(c5)c5ccccc5n6-c5ccccc5-c5ccccc5)c([2H])c4[2H])c4c([2H])c([2H])c([2H])c([2H])c4-c4c([2H])c([2H])c([2H])c([2H])c4[2H])c([2H])c3[2H])c([2H])c2[2H])c([2H])c1[2H]. The summed E-state index contributed by atoms with van der Waals surface area (Å²) in [6.45, 7) is 0. The van der Waals surface area contributed by atoms with Crippen LogP contribution in [0.5, 0.6) is 0 Å². The summed E-state index contributed by atoms with van der Waals surface area (Å²) in [6.07, 6.45) is 0. The Bertz CT molecular complexity index is 11700. The third kappa shape index (κ3) is 14.8. The Balaban J connectivity index is 0.000000216. The van der Waals surface area contributed by atoms with Crippen LogP contribution >= 0.6 is 0 Å². The van der Waals surface area contributed by atoms with Crippen LogP contribution in [-0.2, 0) is 0 Å². The van der Waals surface area contributed by atoms with Gasteiger partial charge in [-0.2, -0.15) is 0 Å². The van der Waals surface area contributed by atoms with E-state index in [1.165, 1.54) is 0 Å². The fraction of sp³-hybridized carbons (Fsp3) is 0. The van der Waals surface area contributed by atoms with Crippen molar-refractivity contribution in [3.05, 3.63) is 508 Å². The van der Waals surface area contributed by atoms with E-state index in [4.69, 9.17) is 53.5 Å². The van der Waals surface area contributed by atoms with Crippen molar-refractivity contribution in [2.75, 3.05) is 9.80 Å². The second-order valence-electron chi connectivity index (χ2n) is 26.2. The smallest absolute Gasteiger partial charge is 0.0645 e. The summed E-state index contributed by atoms with van der Waals surface area (Å²) in [5, 5.41) is -0.297. The minimum absolute atomic E-state index is 0.148. The van der Waals surface area contributed by atoms with Gasteiger partial charge in [0, 0.05) is 66.5 Å². The lowest BCUT2D eigenvalue weighted by Crippen LogP contribution is -2.11. The summed E-state index contributed by atoms with van der Waals surface area (Å²) in [5.41, 5.74) is -21.4. The van der Waals surface area contributed by atoms with Gasteiger partial charge in [-0.15, -0.1) is 0 Å². The van der Waals surface area contributed by atoms with Crippen LogP contribution in [0.3, 0.4) is 0 Å². The van der Waals surface area contributed by atoms with Crippen LogP contribution in [0.25, 0.3) is 166 Å². The van der Waals surface area contributed by atoms with Crippen LogP contribution < -0.4 is 9.80 Å². The van der Waals surface area contributed by atoms with E-state index in [0.29, 0.717) is 20.4 Å². The van der Waals surface area contributed by atoms with Crippen LogP contribution in [0.15, 0.2) is 508 Å². The predicted octanol–water partition coefficient (Wildman–Crippen LogP) is 33.2. The number of hydrogen-bond donors (Lipinski definition) is 0. The van der Waals surface area contributed by atoms with Crippen molar-refractivity contribution in [2.45, 2.75) is 0 Å². The van der Waals surface area contributed by atoms with E-state index in [1.807, 2.05) is 78.9 Å². The van der Waals surface area contributed by atoms with E-state index in [2.05, 4.69) is 4.57 Å². The maximum absolute atomic E-state index is 10.0. The molecule has 0 fully saturated rings. The quantitative estimate of drug-likeness (QED) is 0.0851. The van der Waals surface area contributed by atoms with E-state index in [0.717, 1.165) is 27.7 Å². The third-order valence-electron chi connectivity index (χ3n) is 19.1. The highest BCUT2D eigenvalue weighted by Crippen LogP contribution is 2.47. The summed E-state index contributed by atoms with van der Waals surface area (Å²) in [6, 6.07) is -46.1. The number of fused-ring (bicyclic) bond motifs is 6. The number of nitrogens with zero attached hydrogens (tertiary/aromatic N) is 4. The fourth-order valence-corrected chi connectivity index (χ4v) is 13.6. The average Bonchev–Trinajstić information content (AvgIpc) is 1.48. The molecule has 4 heteroatoms. The summed E-state index contributed by atoms with van der Waals surface area (Å²) in [7, 11) is 0. The van der Waals surface area contributed by atoms with Gasteiger partial charge in [0.25, 0.3) is 0 Å². The number of para-hydroxylation sites is 6. The standard InChI is InChI=1S/2C60H42N2/c2*1-4-16-43(17-5-1)44-28-30-45(31-29-44)46-32-37-51(38-33-46)61(57-25-13-10-22-53(57)48-18-6-2-7-19-48)52-39-34-47(35-40-52)50-36-41-60-56(42-50)55-24-12-15-27-59(55)62(60)58-26-14-11-23-54(58)49-20-8-3-9-21-49/h2*1-42H/i1D,2D,3D,4D,5D,6D,7D,8D,9D,10D,11D,12D,13D,14D,15D,16D,17D,18D,19D,20D,21D,22D,23D,24D,25D,26D,27D,28D,29D,30D,31D,32D,33D,34D,35D,36D,37D,38D,39D,40D,41D,42D;1D,2D,4D,5D,6D,7D,10D,13D,16D,17D,18D,19D,22D,25D,28D,29D,30D,31D,32D,33D,34D,35D,37D,38D,39D,40D. The Hall–Kier alpha value is -16.4. The molecule has 2 aromatic heterocycles. The number of aromatic nitrogens is 2. The highest BCUT2D eigenvalue weighted by atomic mass is 15.2. The van der Waals surface area contributed by atoms with E-state index in [-0.39, 0.29) is 16.0 Å². The first-order valence-electron chi connectivity index (χ1n) is 71.0. The predicted molar refractivity (Wildman–Crippen MR) is 525 cm³/mol. The molecule has 22 aromatic rings. The summed E-state index contributed by atoms with van der Waals surface area (Å²) >= 11 is 0. The molecule has 4 nitrogen and oxygen atoms in total. The Kier molecular flexibility index (Phi) is 8.71. The summed E-state index contributed by atoms with van der Waals surface area (Å²) < 4.78 is 620. The molecule has 0 atom stereocenters. The number of anilines is 6. The van der Waals surface area contributed by atoms with Gasteiger partial charge < -0.3 is 18.9 Å². The summed E-state index contributed by atoms with van der Waals surface area (Å²) in [5.74, 6) is 0. The van der Waals surface area contributed by atoms with Crippen molar-refractivity contribution >= 4 is 77.7 Å². The molecule has 20 aromatic carbocycles. The molecule has 22 rings (SSSR count). The van der Waals surface area contributed by atoms with Gasteiger partial charge >= 0.3 is 0 Å². The van der Waals surface area contributed by atoms with Crippen molar-refractivity contribution < 1.29 is 93.2 Å². The number of hydrogen-bond acceptors (Lipinski definition) is 2. The minimum atomic E-state index is -1.51. The molecule has 0 amide bonds. The lowest BCUT2D eigenvalue weighted by atomic mass is 9.99. The first kappa shape index (κ1) is 32.0. The monoisotopic (exact) mass is 1650 g/mol. The molecule has 0 radical (unpaired) electrons. The first-order chi connectivity index (χ1) is 89.8. The number of rotatable bonds is 18. The topological polar surface area (TPSA) is 16.3 Å². The lowest BCUT2D eigenvalue weighted by Gasteiger charge is -2.28. The van der Waals surface area contributed by atoms with Gasteiger partial charge in [-0.25, -0.2) is 0 Å². The Labute approximate surface area is 819 Å². The third-order valence-corrected chi connectivity index (χ3v) is 19.1. The van der Waals surface area contributed by atoms with Crippen molar-refractivity contribution in [1.82, 2.24) is 9.13 Å². The summed E-state index contributed by atoms with van der Waals surface area (Å²) in [4.78, 5) is 0.626. The Morgan fingerprint density at radius 3 is 1.01 bits per heavy atom. The maximum atomic E-state index is 10.0. The van der Waals surface area contributed by atoms with E-state index in [1.54, 1.807) is 18.2 Å². The molecule has 0 saturated heterocycles. The van der Waals surface area contributed by atoms with Gasteiger partial charge in [0.05, 0.1) is 138 Å². The van der Waals surface area contributed by atoms with E-state index < -0.39 is 562 Å². The average molecular weight is 1650 g/mol. The second-order valence-corrected chi connectivity index (χ2v) is 26.2. The van der Waals surface area contributed by atoms with Gasteiger partial charge in [-0.1, -0.05) is 399 Å². The molecule has 584 valence electrons. The minimum Gasteiger partial charge on any atom is -0.310 e. The largest absolute Gasteiger partial charge is 0.310 e. The Morgan fingerprint density at radius 2 is 0.508 bits per heavy atom. The zero-order chi connectivity index (χ0) is 142. The molecule has 2 heterocycles. The Morgan fingerprint density at radius 1 is 0.169 bits per heavy atom. The van der Waals surface area contributed by atoms with Gasteiger partial charge in [0.1, 0.15) is 0 Å². The van der Waals surface area contributed by atoms with Crippen LogP contribution in [0.1, 0.15) is 93.2 Å². The molecular formula is C120H84N4. The fourth-order valence-electron chi connectivity index (χ4n) is 13.6. The molecule has 0 bridgehead atoms. The molecule has 0 aliphatic carbocycles. The zero-order valence-corrected chi connectivity index (χ0v) is 63.0. The lowest BCUT2D eigenvalue weighted by molar-refractivity contribution is 1.18. The normalized spacial score (nSPS) is 18.9. The molecule has 124 heavy (non-hydrogen) atoms. The molecule has 0 aliphatic rings. The van der Waals surface area contributed by atoms with Crippen LogP contribution in [0.4, 0.5) is 34.1 Å². The van der Waals surface area contributed by atoms with Crippen molar-refractivity contribution in [2.24, 2.45) is 0 Å². The highest BCUT2D eigenvalue weighted by Gasteiger charge is 2.24.